The van der Waals surface area contributed by atoms with Gasteiger partial charge in [0, 0.05) is 11.3 Å². The molecule has 27 heavy (non-hydrogen) atoms. The van der Waals surface area contributed by atoms with Gasteiger partial charge in [0.2, 0.25) is 0 Å². The van der Waals surface area contributed by atoms with Crippen LogP contribution in [0.25, 0.3) is 11.1 Å². The quantitative estimate of drug-likeness (QED) is 0.667. The van der Waals surface area contributed by atoms with E-state index >= 15 is 0 Å². The number of nitrogens with one attached hydrogen (secondary N) is 1. The Morgan fingerprint density at radius 3 is 2.22 bits per heavy atom. The number of carbonyl (C=O) groups excluding carboxylic acids is 2. The Bertz CT molecular complexity index is 936. The Labute approximate surface area is 157 Å². The number of anilines is 1. The average molecular weight is 361 g/mol. The van der Waals surface area contributed by atoms with Crippen LogP contribution in [0.3, 0.4) is 0 Å². The maximum Gasteiger partial charge on any atom is 0.338 e. The zero-order chi connectivity index (χ0) is 19.2. The molecule has 0 aromatic heterocycles. The second-order valence-corrected chi connectivity index (χ2v) is 6.00. The van der Waals surface area contributed by atoms with Crippen molar-refractivity contribution in [1.82, 2.24) is 0 Å². The first-order chi connectivity index (χ1) is 13.0. The van der Waals surface area contributed by atoms with Crippen LogP contribution >= 0.6 is 0 Å². The molecule has 0 aliphatic rings. The summed E-state index contributed by atoms with van der Waals surface area (Å²) in [6.07, 6.45) is -0.977. The van der Waals surface area contributed by atoms with Crippen LogP contribution in [0.1, 0.15) is 17.3 Å². The highest BCUT2D eigenvalue weighted by atomic mass is 16.5. The van der Waals surface area contributed by atoms with Crippen LogP contribution < -0.4 is 5.32 Å². The van der Waals surface area contributed by atoms with Gasteiger partial charge in [0.1, 0.15) is 5.75 Å². The first kappa shape index (κ1) is 18.2. The van der Waals surface area contributed by atoms with E-state index in [0.717, 1.165) is 11.1 Å². The third-order valence-corrected chi connectivity index (χ3v) is 4.03. The van der Waals surface area contributed by atoms with Crippen molar-refractivity contribution in [3.8, 4) is 16.9 Å². The lowest BCUT2D eigenvalue weighted by Gasteiger charge is -2.16. The van der Waals surface area contributed by atoms with E-state index in [1.807, 2.05) is 48.5 Å². The van der Waals surface area contributed by atoms with Crippen molar-refractivity contribution in [2.24, 2.45) is 0 Å². The van der Waals surface area contributed by atoms with Gasteiger partial charge in [-0.25, -0.2) is 4.79 Å². The number of phenolic OH excluding ortho intramolecular Hbond substituents is 1. The number of amides is 1. The van der Waals surface area contributed by atoms with Gasteiger partial charge in [-0.15, -0.1) is 0 Å². The van der Waals surface area contributed by atoms with Crippen LogP contribution in [0, 0.1) is 0 Å². The van der Waals surface area contributed by atoms with Gasteiger partial charge >= 0.3 is 5.97 Å². The van der Waals surface area contributed by atoms with Gasteiger partial charge in [0.05, 0.1) is 5.56 Å². The van der Waals surface area contributed by atoms with Gasteiger partial charge in [-0.05, 0) is 42.8 Å². The van der Waals surface area contributed by atoms with E-state index in [4.69, 9.17) is 4.74 Å². The minimum Gasteiger partial charge on any atom is -0.508 e. The first-order valence-corrected chi connectivity index (χ1v) is 8.50. The Hall–Kier alpha value is -3.60. The minimum atomic E-state index is -0.977. The molecule has 5 heteroatoms. The minimum absolute atomic E-state index is 0.0508. The number of carbonyl (C=O) groups is 2. The lowest BCUT2D eigenvalue weighted by atomic mass is 10.0. The number of aromatic hydroxyl groups is 1. The van der Waals surface area contributed by atoms with Gasteiger partial charge in [-0.1, -0.05) is 48.5 Å². The molecule has 3 rings (SSSR count). The highest BCUT2D eigenvalue weighted by Crippen LogP contribution is 2.27. The fraction of sp³-hybridized carbons (Fsp3) is 0.0909. The van der Waals surface area contributed by atoms with Crippen LogP contribution in [-0.2, 0) is 9.53 Å². The summed E-state index contributed by atoms with van der Waals surface area (Å²) >= 11 is 0. The largest absolute Gasteiger partial charge is 0.508 e. The van der Waals surface area contributed by atoms with E-state index in [-0.39, 0.29) is 11.3 Å². The second kappa shape index (κ2) is 8.19. The topological polar surface area (TPSA) is 75.6 Å². The third-order valence-electron chi connectivity index (χ3n) is 4.03. The summed E-state index contributed by atoms with van der Waals surface area (Å²) in [5, 5.41) is 12.1. The fourth-order valence-electron chi connectivity index (χ4n) is 2.58. The van der Waals surface area contributed by atoms with Crippen LogP contribution in [0.2, 0.25) is 0 Å². The zero-order valence-electron chi connectivity index (χ0n) is 14.8. The number of phenols is 1. The van der Waals surface area contributed by atoms with Crippen molar-refractivity contribution in [2.75, 3.05) is 5.32 Å². The van der Waals surface area contributed by atoms with Gasteiger partial charge < -0.3 is 15.2 Å². The lowest BCUT2D eigenvalue weighted by Crippen LogP contribution is -2.30. The van der Waals surface area contributed by atoms with E-state index in [2.05, 4.69) is 5.32 Å². The van der Waals surface area contributed by atoms with E-state index in [9.17, 15) is 14.7 Å². The monoisotopic (exact) mass is 361 g/mol. The Balaban J connectivity index is 1.70. The zero-order valence-corrected chi connectivity index (χ0v) is 14.8. The lowest BCUT2D eigenvalue weighted by molar-refractivity contribution is -0.123. The van der Waals surface area contributed by atoms with Crippen molar-refractivity contribution in [3.63, 3.8) is 0 Å². The predicted octanol–water partition coefficient (Wildman–Crippen LogP) is 4.24. The molecule has 0 saturated heterocycles. The standard InChI is InChI=1S/C22H19NO4/c1-15(27-22(26)17-11-13-18(24)14-12-17)21(25)23-20-10-6-5-9-19(20)16-7-3-2-4-8-16/h2-15,24H,1H3,(H,23,25)/t15-/m0/s1. The Kier molecular flexibility index (Phi) is 5.52. The summed E-state index contributed by atoms with van der Waals surface area (Å²) in [4.78, 5) is 24.6. The molecular formula is C22H19NO4. The number of esters is 1. The maximum absolute atomic E-state index is 12.5. The molecule has 0 aliphatic heterocycles. The van der Waals surface area contributed by atoms with E-state index in [1.165, 1.54) is 31.2 Å². The highest BCUT2D eigenvalue weighted by molar-refractivity contribution is 5.99. The molecule has 1 atom stereocenters. The van der Waals surface area contributed by atoms with Gasteiger partial charge in [-0.3, -0.25) is 4.79 Å². The normalized spacial score (nSPS) is 11.4. The van der Waals surface area contributed by atoms with Crippen molar-refractivity contribution >= 4 is 17.6 Å². The van der Waals surface area contributed by atoms with E-state index in [0.29, 0.717) is 5.69 Å². The molecule has 0 heterocycles. The predicted molar refractivity (Wildman–Crippen MR) is 103 cm³/mol. The molecule has 5 nitrogen and oxygen atoms in total. The van der Waals surface area contributed by atoms with Crippen LogP contribution in [-0.4, -0.2) is 23.1 Å². The summed E-state index contributed by atoms with van der Waals surface area (Å²) in [5.41, 5.74) is 2.75. The molecular weight excluding hydrogens is 342 g/mol. The van der Waals surface area contributed by atoms with Crippen LogP contribution in [0.4, 0.5) is 5.69 Å². The summed E-state index contributed by atoms with van der Waals surface area (Å²) in [7, 11) is 0. The van der Waals surface area contributed by atoms with Crippen molar-refractivity contribution in [3.05, 3.63) is 84.4 Å². The number of para-hydroxylation sites is 1. The molecule has 0 spiro atoms. The molecule has 0 fully saturated rings. The van der Waals surface area contributed by atoms with Gasteiger partial charge in [0.15, 0.2) is 6.10 Å². The molecule has 1 amide bonds. The summed E-state index contributed by atoms with van der Waals surface area (Å²) in [6.45, 7) is 1.51. The van der Waals surface area contributed by atoms with Crippen molar-refractivity contribution < 1.29 is 19.4 Å². The number of hydrogen-bond donors (Lipinski definition) is 2. The Morgan fingerprint density at radius 1 is 0.889 bits per heavy atom. The molecule has 136 valence electrons. The molecule has 0 unspecified atom stereocenters. The molecule has 0 aliphatic carbocycles. The highest BCUT2D eigenvalue weighted by Gasteiger charge is 2.20. The van der Waals surface area contributed by atoms with E-state index in [1.54, 1.807) is 6.07 Å². The van der Waals surface area contributed by atoms with Crippen LogP contribution in [0.5, 0.6) is 5.75 Å². The van der Waals surface area contributed by atoms with Gasteiger partial charge in [-0.2, -0.15) is 0 Å². The number of hydrogen-bond acceptors (Lipinski definition) is 4. The first-order valence-electron chi connectivity index (χ1n) is 8.50. The van der Waals surface area contributed by atoms with Gasteiger partial charge in [0.25, 0.3) is 5.91 Å². The molecule has 3 aromatic rings. The third kappa shape index (κ3) is 4.52. The number of rotatable bonds is 5. The van der Waals surface area contributed by atoms with Crippen LogP contribution in [0.15, 0.2) is 78.9 Å². The average Bonchev–Trinajstić information content (AvgIpc) is 2.69. The van der Waals surface area contributed by atoms with Crippen molar-refractivity contribution in [2.45, 2.75) is 13.0 Å². The molecule has 3 aromatic carbocycles. The number of ether oxygens (including phenoxy) is 1. The molecule has 0 bridgehead atoms. The summed E-state index contributed by atoms with van der Waals surface area (Å²) in [6, 6.07) is 22.8. The van der Waals surface area contributed by atoms with Crippen molar-refractivity contribution in [1.29, 1.82) is 0 Å². The fourth-order valence-corrected chi connectivity index (χ4v) is 2.58. The molecule has 2 N–H and O–H groups in total. The van der Waals surface area contributed by atoms with E-state index < -0.39 is 18.0 Å². The second-order valence-electron chi connectivity index (χ2n) is 6.00. The molecule has 0 saturated carbocycles. The number of benzene rings is 3. The summed E-state index contributed by atoms with van der Waals surface area (Å²) in [5.74, 6) is -1.01. The summed E-state index contributed by atoms with van der Waals surface area (Å²) < 4.78 is 5.22. The molecule has 0 radical (unpaired) electrons. The maximum atomic E-state index is 12.5. The smallest absolute Gasteiger partial charge is 0.338 e. The Morgan fingerprint density at radius 2 is 1.52 bits per heavy atom. The SMILES string of the molecule is C[C@H](OC(=O)c1ccc(O)cc1)C(=O)Nc1ccccc1-c1ccccc1.